The molecule has 0 spiro atoms. The number of benzene rings is 1. The molecule has 1 unspecified atom stereocenters. The fourth-order valence-electron chi connectivity index (χ4n) is 2.21. The van der Waals surface area contributed by atoms with Gasteiger partial charge in [0.25, 0.3) is 0 Å². The lowest BCUT2D eigenvalue weighted by Gasteiger charge is -2.23. The number of halogens is 2. The fourth-order valence-corrected chi connectivity index (χ4v) is 2.76. The standard InChI is InChI=1S/C12H15BrFNO2/c13-11-8(4-7-2-1-3-15-6-7)9(14)5-10(16)12(11)17/h5,7,15-17H,1-4,6H2. The summed E-state index contributed by atoms with van der Waals surface area (Å²) < 4.78 is 14.0. The quantitative estimate of drug-likeness (QED) is 0.736. The highest BCUT2D eigenvalue weighted by atomic mass is 79.9. The van der Waals surface area contributed by atoms with Crippen LogP contribution in [0.2, 0.25) is 0 Å². The van der Waals surface area contributed by atoms with Crippen LogP contribution >= 0.6 is 15.9 Å². The molecule has 1 aliphatic rings. The molecule has 94 valence electrons. The lowest BCUT2D eigenvalue weighted by Crippen LogP contribution is -2.31. The SMILES string of the molecule is Oc1cc(F)c(CC2CCCNC2)c(Br)c1O. The van der Waals surface area contributed by atoms with Crippen molar-refractivity contribution in [2.24, 2.45) is 5.92 Å². The first-order chi connectivity index (χ1) is 8.09. The second-order valence-corrected chi connectivity index (χ2v) is 5.23. The number of rotatable bonds is 2. The minimum Gasteiger partial charge on any atom is -0.504 e. The van der Waals surface area contributed by atoms with Crippen LogP contribution in [0.15, 0.2) is 10.5 Å². The second-order valence-electron chi connectivity index (χ2n) is 4.44. The fraction of sp³-hybridized carbons (Fsp3) is 0.500. The third-order valence-electron chi connectivity index (χ3n) is 3.16. The zero-order chi connectivity index (χ0) is 12.4. The number of piperidine rings is 1. The van der Waals surface area contributed by atoms with Gasteiger partial charge in [0.15, 0.2) is 11.5 Å². The number of hydrogen-bond donors (Lipinski definition) is 3. The molecule has 5 heteroatoms. The van der Waals surface area contributed by atoms with Crippen LogP contribution in [0, 0.1) is 11.7 Å². The molecule has 1 atom stereocenters. The van der Waals surface area contributed by atoms with Crippen LogP contribution in [0.3, 0.4) is 0 Å². The molecule has 0 amide bonds. The van der Waals surface area contributed by atoms with E-state index in [9.17, 15) is 14.6 Å². The molecule has 0 radical (unpaired) electrons. The minimum atomic E-state index is -0.474. The highest BCUT2D eigenvalue weighted by Crippen LogP contribution is 2.38. The van der Waals surface area contributed by atoms with Crippen molar-refractivity contribution in [1.82, 2.24) is 5.32 Å². The first kappa shape index (κ1) is 12.6. The zero-order valence-corrected chi connectivity index (χ0v) is 10.9. The summed E-state index contributed by atoms with van der Waals surface area (Å²) in [5, 5.41) is 22.1. The van der Waals surface area contributed by atoms with Crippen LogP contribution in [0.1, 0.15) is 18.4 Å². The summed E-state index contributed by atoms with van der Waals surface area (Å²) in [6.07, 6.45) is 2.71. The first-order valence-electron chi connectivity index (χ1n) is 5.69. The van der Waals surface area contributed by atoms with E-state index < -0.39 is 11.6 Å². The summed E-state index contributed by atoms with van der Waals surface area (Å²) in [5.41, 5.74) is 0.439. The van der Waals surface area contributed by atoms with E-state index in [4.69, 9.17) is 0 Å². The van der Waals surface area contributed by atoms with Crippen molar-refractivity contribution >= 4 is 15.9 Å². The van der Waals surface area contributed by atoms with Gasteiger partial charge in [-0.05, 0) is 54.2 Å². The molecule has 1 aromatic rings. The number of phenols is 2. The number of hydrogen-bond acceptors (Lipinski definition) is 3. The van der Waals surface area contributed by atoms with Crippen molar-refractivity contribution in [3.05, 3.63) is 21.9 Å². The van der Waals surface area contributed by atoms with Crippen molar-refractivity contribution < 1.29 is 14.6 Å². The van der Waals surface area contributed by atoms with Gasteiger partial charge in [0.2, 0.25) is 0 Å². The Bertz CT molecular complexity index is 419. The molecule has 3 N–H and O–H groups in total. The van der Waals surface area contributed by atoms with Gasteiger partial charge in [0, 0.05) is 11.6 Å². The summed E-state index contributed by atoms with van der Waals surface area (Å²) in [7, 11) is 0. The number of phenolic OH excluding ortho intramolecular Hbond substituents is 2. The van der Waals surface area contributed by atoms with Crippen molar-refractivity contribution in [3.8, 4) is 11.5 Å². The highest BCUT2D eigenvalue weighted by Gasteiger charge is 2.20. The predicted octanol–water partition coefficient (Wildman–Crippen LogP) is 2.54. The van der Waals surface area contributed by atoms with Gasteiger partial charge in [0.1, 0.15) is 5.82 Å². The molecule has 17 heavy (non-hydrogen) atoms. The van der Waals surface area contributed by atoms with E-state index in [1.165, 1.54) is 0 Å². The average molecular weight is 304 g/mol. The van der Waals surface area contributed by atoms with Crippen molar-refractivity contribution in [1.29, 1.82) is 0 Å². The van der Waals surface area contributed by atoms with Crippen LogP contribution in [-0.4, -0.2) is 23.3 Å². The molecule has 0 aliphatic carbocycles. The molecule has 1 aliphatic heterocycles. The van der Waals surface area contributed by atoms with Gasteiger partial charge in [-0.3, -0.25) is 0 Å². The number of nitrogens with one attached hydrogen (secondary N) is 1. The summed E-state index contributed by atoms with van der Waals surface area (Å²) in [6, 6.07) is 0.964. The zero-order valence-electron chi connectivity index (χ0n) is 9.34. The van der Waals surface area contributed by atoms with Crippen molar-refractivity contribution in [2.45, 2.75) is 19.3 Å². The van der Waals surface area contributed by atoms with E-state index in [-0.39, 0.29) is 10.2 Å². The molecule has 0 bridgehead atoms. The minimum absolute atomic E-state index is 0.264. The first-order valence-corrected chi connectivity index (χ1v) is 6.48. The third-order valence-corrected chi connectivity index (χ3v) is 4.01. The molecule has 2 rings (SSSR count). The van der Waals surface area contributed by atoms with Crippen LogP contribution < -0.4 is 5.32 Å². The van der Waals surface area contributed by atoms with Gasteiger partial charge in [-0.1, -0.05) is 0 Å². The van der Waals surface area contributed by atoms with E-state index in [1.807, 2.05) is 0 Å². The second kappa shape index (κ2) is 5.23. The van der Waals surface area contributed by atoms with Crippen molar-refractivity contribution in [2.75, 3.05) is 13.1 Å². The van der Waals surface area contributed by atoms with E-state index in [2.05, 4.69) is 21.2 Å². The molecule has 0 aromatic heterocycles. The predicted molar refractivity (Wildman–Crippen MR) is 66.7 cm³/mol. The van der Waals surface area contributed by atoms with Crippen LogP contribution in [-0.2, 0) is 6.42 Å². The normalized spacial score (nSPS) is 20.5. The molecule has 1 saturated heterocycles. The van der Waals surface area contributed by atoms with Crippen LogP contribution in [0.25, 0.3) is 0 Å². The summed E-state index contributed by atoms with van der Waals surface area (Å²) >= 11 is 3.14. The Morgan fingerprint density at radius 2 is 2.24 bits per heavy atom. The van der Waals surface area contributed by atoms with Gasteiger partial charge >= 0.3 is 0 Å². The molecular formula is C12H15BrFNO2. The molecule has 1 fully saturated rings. The Balaban J connectivity index is 2.22. The molecule has 3 nitrogen and oxygen atoms in total. The maximum Gasteiger partial charge on any atom is 0.172 e. The number of aromatic hydroxyl groups is 2. The summed E-state index contributed by atoms with van der Waals surface area (Å²) in [4.78, 5) is 0. The van der Waals surface area contributed by atoms with Crippen LogP contribution in [0.4, 0.5) is 4.39 Å². The Morgan fingerprint density at radius 1 is 1.47 bits per heavy atom. The smallest absolute Gasteiger partial charge is 0.172 e. The lowest BCUT2D eigenvalue weighted by atomic mass is 9.92. The van der Waals surface area contributed by atoms with Gasteiger partial charge in [-0.15, -0.1) is 0 Å². The Labute approximate surface area is 108 Å². The largest absolute Gasteiger partial charge is 0.504 e. The molecular weight excluding hydrogens is 289 g/mol. The van der Waals surface area contributed by atoms with E-state index in [1.54, 1.807) is 0 Å². The van der Waals surface area contributed by atoms with Gasteiger partial charge < -0.3 is 15.5 Å². The summed E-state index contributed by atoms with van der Waals surface area (Å²) in [6.45, 7) is 1.88. The average Bonchev–Trinajstić information content (AvgIpc) is 2.33. The molecule has 1 aromatic carbocycles. The van der Waals surface area contributed by atoms with E-state index in [0.717, 1.165) is 32.0 Å². The monoisotopic (exact) mass is 303 g/mol. The molecule has 0 saturated carbocycles. The highest BCUT2D eigenvalue weighted by molar-refractivity contribution is 9.10. The Kier molecular flexibility index (Phi) is 3.89. The maximum atomic E-state index is 13.7. The third kappa shape index (κ3) is 2.72. The van der Waals surface area contributed by atoms with Gasteiger partial charge in [-0.2, -0.15) is 0 Å². The van der Waals surface area contributed by atoms with E-state index in [0.29, 0.717) is 17.9 Å². The van der Waals surface area contributed by atoms with E-state index >= 15 is 0 Å². The maximum absolute atomic E-state index is 13.7. The van der Waals surface area contributed by atoms with Gasteiger partial charge in [0.05, 0.1) is 4.47 Å². The topological polar surface area (TPSA) is 52.5 Å². The van der Waals surface area contributed by atoms with Gasteiger partial charge in [-0.25, -0.2) is 4.39 Å². The lowest BCUT2D eigenvalue weighted by molar-refractivity contribution is 0.366. The van der Waals surface area contributed by atoms with Crippen LogP contribution in [0.5, 0.6) is 11.5 Å². The van der Waals surface area contributed by atoms with Crippen molar-refractivity contribution in [3.63, 3.8) is 0 Å². The molecule has 1 heterocycles. The summed E-state index contributed by atoms with van der Waals surface area (Å²) in [5.74, 6) is -0.818. The Morgan fingerprint density at radius 3 is 2.88 bits per heavy atom. The Hall–Kier alpha value is -0.810.